The lowest BCUT2D eigenvalue weighted by Gasteiger charge is -2.35. The summed E-state index contributed by atoms with van der Waals surface area (Å²) in [5.41, 5.74) is 5.92. The Kier molecular flexibility index (Phi) is 4.00. The van der Waals surface area contributed by atoms with E-state index in [9.17, 15) is 8.42 Å². The van der Waals surface area contributed by atoms with Gasteiger partial charge in [0.25, 0.3) is 0 Å². The van der Waals surface area contributed by atoms with Crippen LogP contribution in [0.25, 0.3) is 10.1 Å². The summed E-state index contributed by atoms with van der Waals surface area (Å²) in [4.78, 5) is 0.354. The first-order valence-electron chi connectivity index (χ1n) is 6.84. The van der Waals surface area contributed by atoms with Gasteiger partial charge in [-0.1, -0.05) is 11.6 Å². The van der Waals surface area contributed by atoms with Crippen LogP contribution in [0.4, 0.5) is 0 Å². The smallest absolute Gasteiger partial charge is 0.244 e. The average Bonchev–Trinajstić information content (AvgIpc) is 2.81. The van der Waals surface area contributed by atoms with Gasteiger partial charge >= 0.3 is 0 Å². The molecule has 0 radical (unpaired) electrons. The van der Waals surface area contributed by atoms with Crippen LogP contribution in [-0.4, -0.2) is 31.4 Å². The Morgan fingerprint density at radius 2 is 2.19 bits per heavy atom. The van der Waals surface area contributed by atoms with Crippen molar-refractivity contribution in [1.29, 1.82) is 0 Å². The van der Waals surface area contributed by atoms with Crippen LogP contribution >= 0.6 is 22.9 Å². The molecule has 0 unspecified atom stereocenters. The second-order valence-corrected chi connectivity index (χ2v) is 8.70. The van der Waals surface area contributed by atoms with E-state index in [4.69, 9.17) is 17.3 Å². The van der Waals surface area contributed by atoms with Gasteiger partial charge in [-0.15, -0.1) is 11.3 Å². The van der Waals surface area contributed by atoms with Crippen molar-refractivity contribution in [3.05, 3.63) is 28.6 Å². The number of piperidine rings is 1. The summed E-state index contributed by atoms with van der Waals surface area (Å²) in [5.74, 6) is 0. The third-order valence-corrected chi connectivity index (χ3v) is 7.34. The van der Waals surface area contributed by atoms with Gasteiger partial charge in [0.2, 0.25) is 10.0 Å². The molecule has 0 amide bonds. The lowest BCUT2D eigenvalue weighted by molar-refractivity contribution is 0.247. The lowest BCUT2D eigenvalue weighted by Crippen LogP contribution is -2.48. The molecule has 3 rings (SSSR count). The largest absolute Gasteiger partial charge is 0.328 e. The van der Waals surface area contributed by atoms with Crippen LogP contribution in [0.15, 0.2) is 28.5 Å². The maximum absolute atomic E-state index is 12.9. The zero-order valence-corrected chi connectivity index (χ0v) is 14.0. The Morgan fingerprint density at radius 3 is 2.90 bits per heavy atom. The first-order valence-corrected chi connectivity index (χ1v) is 9.53. The minimum atomic E-state index is -3.51. The Bertz CT molecular complexity index is 772. The molecule has 1 aliphatic heterocycles. The SMILES string of the molecule is C[C@H]1C[C@H](N)CCN1S(=O)(=O)c1csc2ccc(Cl)cc12. The fourth-order valence-corrected chi connectivity index (χ4v) is 6.12. The zero-order valence-electron chi connectivity index (χ0n) is 11.6. The summed E-state index contributed by atoms with van der Waals surface area (Å²) >= 11 is 7.44. The fourth-order valence-electron chi connectivity index (χ4n) is 2.85. The summed E-state index contributed by atoms with van der Waals surface area (Å²) in [6.07, 6.45) is 1.40. The highest BCUT2D eigenvalue weighted by atomic mass is 35.5. The molecule has 1 aliphatic rings. The van der Waals surface area contributed by atoms with Crippen molar-refractivity contribution >= 4 is 43.0 Å². The normalized spacial score (nSPS) is 24.5. The molecule has 0 bridgehead atoms. The molecule has 1 aromatic carbocycles. The number of benzene rings is 1. The summed E-state index contributed by atoms with van der Waals surface area (Å²) in [6.45, 7) is 2.39. The Balaban J connectivity index is 2.06. The predicted octanol–water partition coefficient (Wildman–Crippen LogP) is 3.06. The number of hydrogen-bond acceptors (Lipinski definition) is 4. The minimum Gasteiger partial charge on any atom is -0.328 e. The molecule has 2 atom stereocenters. The molecule has 1 fully saturated rings. The van der Waals surface area contributed by atoms with Gasteiger partial charge in [-0.05, 0) is 38.0 Å². The standard InChI is InChI=1S/C14H17ClN2O2S2/c1-9-6-11(16)4-5-17(9)21(18,19)14-8-20-13-3-2-10(15)7-12(13)14/h2-3,7-9,11H,4-6,16H2,1H3/t9-,11+/m0/s1. The van der Waals surface area contributed by atoms with Crippen LogP contribution in [0, 0.1) is 0 Å². The number of rotatable bonds is 2. The van der Waals surface area contributed by atoms with Crippen LogP contribution in [0.5, 0.6) is 0 Å². The number of nitrogens with two attached hydrogens (primary N) is 1. The number of thiophene rings is 1. The summed E-state index contributed by atoms with van der Waals surface area (Å²) < 4.78 is 28.4. The molecule has 1 aromatic heterocycles. The molecular formula is C14H17ClN2O2S2. The zero-order chi connectivity index (χ0) is 15.2. The third kappa shape index (κ3) is 2.71. The number of sulfonamides is 1. The molecule has 21 heavy (non-hydrogen) atoms. The topological polar surface area (TPSA) is 63.4 Å². The van der Waals surface area contributed by atoms with E-state index in [0.29, 0.717) is 34.7 Å². The van der Waals surface area contributed by atoms with Gasteiger partial charge in [-0.2, -0.15) is 4.31 Å². The van der Waals surface area contributed by atoms with E-state index in [-0.39, 0.29) is 12.1 Å². The molecule has 0 aliphatic carbocycles. The van der Waals surface area contributed by atoms with Gasteiger partial charge in [0, 0.05) is 39.1 Å². The minimum absolute atomic E-state index is 0.0760. The molecule has 4 nitrogen and oxygen atoms in total. The van der Waals surface area contributed by atoms with Crippen molar-refractivity contribution in [2.45, 2.75) is 36.7 Å². The van der Waals surface area contributed by atoms with Gasteiger partial charge < -0.3 is 5.73 Å². The van der Waals surface area contributed by atoms with Gasteiger partial charge in [0.05, 0.1) is 0 Å². The highest BCUT2D eigenvalue weighted by molar-refractivity contribution is 7.89. The summed E-state index contributed by atoms with van der Waals surface area (Å²) in [7, 11) is -3.51. The van der Waals surface area contributed by atoms with Gasteiger partial charge in [-0.25, -0.2) is 8.42 Å². The Hall–Kier alpha value is -0.660. The van der Waals surface area contributed by atoms with Crippen molar-refractivity contribution in [2.75, 3.05) is 6.54 Å². The van der Waals surface area contributed by atoms with E-state index < -0.39 is 10.0 Å². The average molecular weight is 345 g/mol. The Morgan fingerprint density at radius 1 is 1.43 bits per heavy atom. The first-order chi connectivity index (χ1) is 9.89. The molecular weight excluding hydrogens is 328 g/mol. The highest BCUT2D eigenvalue weighted by Gasteiger charge is 2.34. The third-order valence-electron chi connectivity index (χ3n) is 3.94. The van der Waals surface area contributed by atoms with Crippen LogP contribution in [0.2, 0.25) is 5.02 Å². The number of nitrogens with zero attached hydrogens (tertiary/aromatic N) is 1. The number of halogens is 1. The molecule has 114 valence electrons. The summed E-state index contributed by atoms with van der Waals surface area (Å²) in [6, 6.07) is 5.37. The predicted molar refractivity (Wildman–Crippen MR) is 87.4 cm³/mol. The molecule has 1 saturated heterocycles. The van der Waals surface area contributed by atoms with Crippen LogP contribution < -0.4 is 5.73 Å². The Labute approximate surface area is 133 Å². The van der Waals surface area contributed by atoms with E-state index in [1.807, 2.05) is 13.0 Å². The first kappa shape index (κ1) is 15.2. The van der Waals surface area contributed by atoms with E-state index in [2.05, 4.69) is 0 Å². The van der Waals surface area contributed by atoms with Crippen LogP contribution in [0.3, 0.4) is 0 Å². The van der Waals surface area contributed by atoms with Gasteiger partial charge in [0.1, 0.15) is 4.90 Å². The molecule has 2 N–H and O–H groups in total. The van der Waals surface area contributed by atoms with Gasteiger partial charge in [-0.3, -0.25) is 0 Å². The van der Waals surface area contributed by atoms with Crippen molar-refractivity contribution in [2.24, 2.45) is 5.73 Å². The second-order valence-electron chi connectivity index (χ2n) is 5.49. The number of fused-ring (bicyclic) bond motifs is 1. The van der Waals surface area contributed by atoms with Crippen molar-refractivity contribution in [1.82, 2.24) is 4.31 Å². The molecule has 2 heterocycles. The monoisotopic (exact) mass is 344 g/mol. The molecule has 7 heteroatoms. The molecule has 2 aromatic rings. The highest BCUT2D eigenvalue weighted by Crippen LogP contribution is 2.35. The molecule has 0 saturated carbocycles. The van der Waals surface area contributed by atoms with Crippen molar-refractivity contribution in [3.8, 4) is 0 Å². The van der Waals surface area contributed by atoms with E-state index in [0.717, 1.165) is 4.70 Å². The van der Waals surface area contributed by atoms with Crippen molar-refractivity contribution < 1.29 is 8.42 Å². The maximum Gasteiger partial charge on any atom is 0.244 e. The quantitative estimate of drug-likeness (QED) is 0.910. The van der Waals surface area contributed by atoms with E-state index >= 15 is 0 Å². The number of hydrogen-bond donors (Lipinski definition) is 1. The molecule has 0 spiro atoms. The van der Waals surface area contributed by atoms with Crippen molar-refractivity contribution in [3.63, 3.8) is 0 Å². The fraction of sp³-hybridized carbons (Fsp3) is 0.429. The van der Waals surface area contributed by atoms with Gasteiger partial charge in [0.15, 0.2) is 0 Å². The van der Waals surface area contributed by atoms with E-state index in [1.165, 1.54) is 11.3 Å². The second kappa shape index (κ2) is 5.52. The van der Waals surface area contributed by atoms with Crippen LogP contribution in [-0.2, 0) is 10.0 Å². The van der Waals surface area contributed by atoms with E-state index in [1.54, 1.807) is 21.8 Å². The van der Waals surface area contributed by atoms with Crippen LogP contribution in [0.1, 0.15) is 19.8 Å². The summed E-state index contributed by atoms with van der Waals surface area (Å²) in [5, 5.41) is 2.96. The lowest BCUT2D eigenvalue weighted by atomic mass is 10.0. The maximum atomic E-state index is 12.9.